The fourth-order valence-electron chi connectivity index (χ4n) is 3.73. The van der Waals surface area contributed by atoms with Gasteiger partial charge < -0.3 is 10.6 Å². The van der Waals surface area contributed by atoms with Gasteiger partial charge in [-0.3, -0.25) is 4.79 Å². The summed E-state index contributed by atoms with van der Waals surface area (Å²) in [4.78, 5) is 11.4. The second-order valence-corrected chi connectivity index (χ2v) is 7.74. The Morgan fingerprint density at radius 2 is 1.77 bits per heavy atom. The Bertz CT molecular complexity index is 511. The fourth-order valence-corrected chi connectivity index (χ4v) is 3.73. The van der Waals surface area contributed by atoms with Crippen LogP contribution in [0.4, 0.5) is 5.69 Å². The smallest absolute Gasteiger partial charge is 0.222 e. The zero-order valence-electron chi connectivity index (χ0n) is 13.8. The van der Waals surface area contributed by atoms with Crippen LogP contribution in [-0.4, -0.2) is 18.5 Å². The maximum atomic E-state index is 11.4. The predicted octanol–water partition coefficient (Wildman–Crippen LogP) is 4.06. The van der Waals surface area contributed by atoms with Crippen LogP contribution in [0.15, 0.2) is 24.3 Å². The summed E-state index contributed by atoms with van der Waals surface area (Å²) in [5, 5.41) is 6.37. The molecule has 1 aromatic rings. The van der Waals surface area contributed by atoms with Gasteiger partial charge >= 0.3 is 0 Å². The molecule has 2 N–H and O–H groups in total. The normalized spacial score (nSPS) is 25.5. The van der Waals surface area contributed by atoms with Crippen LogP contribution >= 0.6 is 0 Å². The fraction of sp³-hybridized carbons (Fsp3) is 0.632. The highest BCUT2D eigenvalue weighted by atomic mass is 16.1. The monoisotopic (exact) mass is 300 g/mol. The van der Waals surface area contributed by atoms with Gasteiger partial charge in [-0.05, 0) is 61.1 Å². The molecule has 3 nitrogen and oxygen atoms in total. The van der Waals surface area contributed by atoms with Crippen molar-refractivity contribution >= 4 is 11.6 Å². The average molecular weight is 300 g/mol. The molecule has 0 spiro atoms. The van der Waals surface area contributed by atoms with Gasteiger partial charge in [-0.25, -0.2) is 0 Å². The van der Waals surface area contributed by atoms with Gasteiger partial charge in [0, 0.05) is 24.7 Å². The van der Waals surface area contributed by atoms with Crippen molar-refractivity contribution < 1.29 is 4.79 Å². The molecule has 0 bridgehead atoms. The number of carbonyl (C=O) groups is 1. The molecule has 1 aliphatic carbocycles. The third-order valence-corrected chi connectivity index (χ3v) is 5.34. The van der Waals surface area contributed by atoms with Crippen LogP contribution in [0.2, 0.25) is 0 Å². The highest BCUT2D eigenvalue weighted by Gasteiger charge is 2.27. The van der Waals surface area contributed by atoms with Gasteiger partial charge in [0.15, 0.2) is 0 Å². The largest absolute Gasteiger partial charge is 0.382 e. The van der Waals surface area contributed by atoms with E-state index in [1.165, 1.54) is 31.2 Å². The van der Waals surface area contributed by atoms with E-state index >= 15 is 0 Å². The second kappa shape index (κ2) is 6.31. The number of rotatable bonds is 3. The Kier molecular flexibility index (Phi) is 4.42. The topological polar surface area (TPSA) is 41.1 Å². The van der Waals surface area contributed by atoms with E-state index in [9.17, 15) is 4.79 Å². The minimum atomic E-state index is 0.158. The summed E-state index contributed by atoms with van der Waals surface area (Å²) < 4.78 is 0. The first-order chi connectivity index (χ1) is 10.5. The van der Waals surface area contributed by atoms with Crippen LogP contribution in [0.5, 0.6) is 0 Å². The van der Waals surface area contributed by atoms with E-state index in [4.69, 9.17) is 0 Å². The Hall–Kier alpha value is -1.51. The SMILES string of the molecule is CC1(C)CCC(c2ccc(NC3CCNC(=O)C3)cc2)CC1. The Labute approximate surface area is 133 Å². The number of carbonyl (C=O) groups excluding carboxylic acids is 1. The summed E-state index contributed by atoms with van der Waals surface area (Å²) in [6.07, 6.45) is 6.86. The van der Waals surface area contributed by atoms with Gasteiger partial charge in [0.2, 0.25) is 5.91 Å². The van der Waals surface area contributed by atoms with Crippen molar-refractivity contribution in [2.24, 2.45) is 5.41 Å². The zero-order chi connectivity index (χ0) is 15.6. The van der Waals surface area contributed by atoms with Crippen molar-refractivity contribution in [2.45, 2.75) is 64.3 Å². The van der Waals surface area contributed by atoms with Crippen LogP contribution in [-0.2, 0) is 4.79 Å². The van der Waals surface area contributed by atoms with E-state index < -0.39 is 0 Å². The van der Waals surface area contributed by atoms with Crippen molar-refractivity contribution in [2.75, 3.05) is 11.9 Å². The first kappa shape index (κ1) is 15.4. The molecule has 1 atom stereocenters. The predicted molar refractivity (Wildman–Crippen MR) is 91.1 cm³/mol. The molecule has 1 amide bonds. The minimum Gasteiger partial charge on any atom is -0.382 e. The van der Waals surface area contributed by atoms with E-state index in [1.54, 1.807) is 0 Å². The standard InChI is InChI=1S/C19H28N2O/c1-19(2)10-7-15(8-11-19)14-3-5-16(6-4-14)21-17-9-12-20-18(22)13-17/h3-6,15,17,21H,7-13H2,1-2H3,(H,20,22). The van der Waals surface area contributed by atoms with Crippen LogP contribution in [0, 0.1) is 5.41 Å². The van der Waals surface area contributed by atoms with Gasteiger partial charge in [0.05, 0.1) is 0 Å². The van der Waals surface area contributed by atoms with Crippen LogP contribution in [0.25, 0.3) is 0 Å². The number of nitrogens with one attached hydrogen (secondary N) is 2. The average Bonchev–Trinajstić information content (AvgIpc) is 2.48. The minimum absolute atomic E-state index is 0.158. The lowest BCUT2D eigenvalue weighted by Gasteiger charge is -2.34. The number of anilines is 1. The lowest BCUT2D eigenvalue weighted by atomic mass is 9.71. The lowest BCUT2D eigenvalue weighted by Crippen LogP contribution is -2.39. The maximum absolute atomic E-state index is 11.4. The van der Waals surface area contributed by atoms with E-state index in [0.29, 0.717) is 11.8 Å². The molecule has 1 unspecified atom stereocenters. The lowest BCUT2D eigenvalue weighted by molar-refractivity contribution is -0.122. The van der Waals surface area contributed by atoms with Gasteiger partial charge in [-0.2, -0.15) is 0 Å². The zero-order valence-corrected chi connectivity index (χ0v) is 13.8. The molecule has 1 saturated heterocycles. The molecule has 1 heterocycles. The Morgan fingerprint density at radius 3 is 2.41 bits per heavy atom. The molecule has 22 heavy (non-hydrogen) atoms. The van der Waals surface area contributed by atoms with Crippen molar-refractivity contribution in [3.63, 3.8) is 0 Å². The van der Waals surface area contributed by atoms with E-state index in [1.807, 2.05) is 0 Å². The molecule has 0 aromatic heterocycles. The summed E-state index contributed by atoms with van der Waals surface area (Å²) in [5.41, 5.74) is 3.14. The van der Waals surface area contributed by atoms with Crippen LogP contribution in [0.1, 0.15) is 63.9 Å². The first-order valence-electron chi connectivity index (χ1n) is 8.65. The van der Waals surface area contributed by atoms with Crippen LogP contribution in [0.3, 0.4) is 0 Å². The third kappa shape index (κ3) is 3.82. The Morgan fingerprint density at radius 1 is 1.09 bits per heavy atom. The summed E-state index contributed by atoms with van der Waals surface area (Å²) in [5.74, 6) is 0.882. The molecule has 1 saturated carbocycles. The first-order valence-corrected chi connectivity index (χ1v) is 8.65. The Balaban J connectivity index is 1.57. The quantitative estimate of drug-likeness (QED) is 0.884. The summed E-state index contributed by atoms with van der Waals surface area (Å²) >= 11 is 0. The number of hydrogen-bond donors (Lipinski definition) is 2. The van der Waals surface area contributed by atoms with E-state index in [2.05, 4.69) is 48.7 Å². The van der Waals surface area contributed by atoms with E-state index in [-0.39, 0.29) is 11.9 Å². The summed E-state index contributed by atoms with van der Waals surface area (Å²) in [7, 11) is 0. The highest BCUT2D eigenvalue weighted by Crippen LogP contribution is 2.42. The summed E-state index contributed by atoms with van der Waals surface area (Å²) in [6, 6.07) is 9.18. The third-order valence-electron chi connectivity index (χ3n) is 5.34. The van der Waals surface area contributed by atoms with E-state index in [0.717, 1.165) is 24.6 Å². The van der Waals surface area contributed by atoms with Gasteiger partial charge in [-0.15, -0.1) is 0 Å². The molecule has 3 rings (SSSR count). The van der Waals surface area contributed by atoms with Gasteiger partial charge in [-0.1, -0.05) is 26.0 Å². The molecule has 0 radical (unpaired) electrons. The van der Waals surface area contributed by atoms with Crippen molar-refractivity contribution in [3.8, 4) is 0 Å². The van der Waals surface area contributed by atoms with Crippen molar-refractivity contribution in [1.82, 2.24) is 5.32 Å². The molecular weight excluding hydrogens is 272 g/mol. The molecular formula is C19H28N2O. The van der Waals surface area contributed by atoms with Crippen molar-refractivity contribution in [1.29, 1.82) is 0 Å². The molecule has 3 heteroatoms. The molecule has 120 valence electrons. The highest BCUT2D eigenvalue weighted by molar-refractivity contribution is 5.77. The molecule has 1 aromatic carbocycles. The molecule has 1 aliphatic heterocycles. The molecule has 2 fully saturated rings. The number of hydrogen-bond acceptors (Lipinski definition) is 2. The molecule has 2 aliphatic rings. The number of benzene rings is 1. The number of amides is 1. The van der Waals surface area contributed by atoms with Crippen molar-refractivity contribution in [3.05, 3.63) is 29.8 Å². The van der Waals surface area contributed by atoms with Gasteiger partial charge in [0.25, 0.3) is 0 Å². The maximum Gasteiger partial charge on any atom is 0.222 e. The van der Waals surface area contributed by atoms with Gasteiger partial charge in [0.1, 0.15) is 0 Å². The summed E-state index contributed by atoms with van der Waals surface area (Å²) in [6.45, 7) is 5.56. The second-order valence-electron chi connectivity index (χ2n) is 7.74. The number of piperidine rings is 1. The van der Waals surface area contributed by atoms with Crippen LogP contribution < -0.4 is 10.6 Å².